The molecule has 0 radical (unpaired) electrons. The standard InChI is InChI=1S/C17H23N3O4/c1-5-9-24-13-8-7-12(10-14(13)23-4)11-18-20-15(21)17(3,6-2)19-16(20)22/h7-8,10-11H,5-6,9H2,1-4H3,(H,19,22)/b18-11-/t17-/m0/s1. The Morgan fingerprint density at radius 3 is 2.62 bits per heavy atom. The number of ether oxygens (including phenoxy) is 2. The second kappa shape index (κ2) is 7.33. The molecule has 3 amide bonds. The first-order valence-electron chi connectivity index (χ1n) is 7.96. The fourth-order valence-electron chi connectivity index (χ4n) is 2.23. The molecule has 2 rings (SSSR count). The lowest BCUT2D eigenvalue weighted by Crippen LogP contribution is -2.42. The lowest BCUT2D eigenvalue weighted by molar-refractivity contribution is -0.130. The van der Waals surface area contributed by atoms with E-state index in [1.54, 1.807) is 32.2 Å². The van der Waals surface area contributed by atoms with Crippen LogP contribution in [0.15, 0.2) is 23.3 Å². The van der Waals surface area contributed by atoms with Crippen molar-refractivity contribution in [3.05, 3.63) is 23.8 Å². The van der Waals surface area contributed by atoms with Gasteiger partial charge in [0.25, 0.3) is 5.91 Å². The summed E-state index contributed by atoms with van der Waals surface area (Å²) in [6.07, 6.45) is 2.85. The molecule has 0 unspecified atom stereocenters. The zero-order valence-electron chi connectivity index (χ0n) is 14.5. The first-order chi connectivity index (χ1) is 11.4. The molecule has 0 saturated carbocycles. The van der Waals surface area contributed by atoms with Crippen molar-refractivity contribution in [2.45, 2.75) is 39.2 Å². The van der Waals surface area contributed by atoms with E-state index in [0.29, 0.717) is 30.1 Å². The number of urea groups is 1. The van der Waals surface area contributed by atoms with Crippen molar-refractivity contribution in [3.8, 4) is 11.5 Å². The molecule has 130 valence electrons. The number of benzene rings is 1. The van der Waals surface area contributed by atoms with Crippen LogP contribution >= 0.6 is 0 Å². The summed E-state index contributed by atoms with van der Waals surface area (Å²) in [7, 11) is 1.55. The second-order valence-electron chi connectivity index (χ2n) is 5.74. The number of carbonyl (C=O) groups is 2. The minimum absolute atomic E-state index is 0.360. The normalized spacial score (nSPS) is 20.6. The highest BCUT2D eigenvalue weighted by Gasteiger charge is 2.46. The molecular weight excluding hydrogens is 310 g/mol. The van der Waals surface area contributed by atoms with Gasteiger partial charge < -0.3 is 14.8 Å². The largest absolute Gasteiger partial charge is 0.493 e. The maximum Gasteiger partial charge on any atom is 0.346 e. The number of amides is 3. The summed E-state index contributed by atoms with van der Waals surface area (Å²) in [6.45, 7) is 6.15. The molecule has 0 aliphatic carbocycles. The zero-order chi connectivity index (χ0) is 17.7. The first-order valence-corrected chi connectivity index (χ1v) is 7.96. The third-order valence-electron chi connectivity index (χ3n) is 3.92. The van der Waals surface area contributed by atoms with E-state index in [4.69, 9.17) is 9.47 Å². The SMILES string of the molecule is CCCOc1ccc(/C=N\N2C(=O)N[C@@](C)(CC)C2=O)cc1OC. The third kappa shape index (κ3) is 3.50. The van der Waals surface area contributed by atoms with E-state index in [0.717, 1.165) is 11.4 Å². The maximum atomic E-state index is 12.3. The van der Waals surface area contributed by atoms with Gasteiger partial charge in [-0.1, -0.05) is 13.8 Å². The smallest absolute Gasteiger partial charge is 0.346 e. The molecule has 0 aromatic heterocycles. The highest BCUT2D eigenvalue weighted by Crippen LogP contribution is 2.28. The van der Waals surface area contributed by atoms with E-state index in [2.05, 4.69) is 10.4 Å². The van der Waals surface area contributed by atoms with Crippen LogP contribution in [-0.4, -0.2) is 42.4 Å². The van der Waals surface area contributed by atoms with Crippen molar-refractivity contribution in [2.75, 3.05) is 13.7 Å². The minimum Gasteiger partial charge on any atom is -0.493 e. The van der Waals surface area contributed by atoms with Crippen LogP contribution in [0.3, 0.4) is 0 Å². The summed E-state index contributed by atoms with van der Waals surface area (Å²) >= 11 is 0. The van der Waals surface area contributed by atoms with Crippen molar-refractivity contribution >= 4 is 18.2 Å². The molecule has 1 aliphatic heterocycles. The molecule has 7 nitrogen and oxygen atoms in total. The third-order valence-corrected chi connectivity index (χ3v) is 3.92. The van der Waals surface area contributed by atoms with Crippen LogP contribution in [0, 0.1) is 0 Å². The van der Waals surface area contributed by atoms with Crippen molar-refractivity contribution in [1.82, 2.24) is 10.3 Å². The molecule has 1 atom stereocenters. The van der Waals surface area contributed by atoms with E-state index in [-0.39, 0.29) is 5.91 Å². The highest BCUT2D eigenvalue weighted by atomic mass is 16.5. The van der Waals surface area contributed by atoms with Gasteiger partial charge >= 0.3 is 6.03 Å². The number of nitrogens with zero attached hydrogens (tertiary/aromatic N) is 2. The van der Waals surface area contributed by atoms with E-state index >= 15 is 0 Å². The van der Waals surface area contributed by atoms with Crippen molar-refractivity contribution < 1.29 is 19.1 Å². The van der Waals surface area contributed by atoms with Crippen LogP contribution in [0.2, 0.25) is 0 Å². The minimum atomic E-state index is -0.899. The van der Waals surface area contributed by atoms with Crippen LogP contribution in [0.5, 0.6) is 11.5 Å². The van der Waals surface area contributed by atoms with Crippen LogP contribution < -0.4 is 14.8 Å². The molecule has 1 N–H and O–H groups in total. The molecular formula is C17H23N3O4. The van der Waals surface area contributed by atoms with Gasteiger partial charge in [0, 0.05) is 0 Å². The van der Waals surface area contributed by atoms with Gasteiger partial charge in [0.05, 0.1) is 19.9 Å². The number of methoxy groups -OCH3 is 1. The van der Waals surface area contributed by atoms with Gasteiger partial charge in [-0.2, -0.15) is 5.10 Å². The fraction of sp³-hybridized carbons (Fsp3) is 0.471. The summed E-state index contributed by atoms with van der Waals surface area (Å²) in [4.78, 5) is 24.2. The Bertz CT molecular complexity index is 659. The van der Waals surface area contributed by atoms with Gasteiger partial charge in [0.2, 0.25) is 0 Å². The summed E-state index contributed by atoms with van der Waals surface area (Å²) < 4.78 is 10.9. The van der Waals surface area contributed by atoms with Crippen molar-refractivity contribution in [2.24, 2.45) is 5.10 Å². The number of hydrogen-bond acceptors (Lipinski definition) is 5. The molecule has 1 fully saturated rings. The number of hydrogen-bond donors (Lipinski definition) is 1. The van der Waals surface area contributed by atoms with Gasteiger partial charge in [-0.3, -0.25) is 4.79 Å². The van der Waals surface area contributed by atoms with Crippen LogP contribution in [0.1, 0.15) is 39.2 Å². The van der Waals surface area contributed by atoms with Crippen LogP contribution in [0.25, 0.3) is 0 Å². The number of hydrazone groups is 1. The average molecular weight is 333 g/mol. The lowest BCUT2D eigenvalue weighted by Gasteiger charge is -2.17. The molecule has 1 aromatic carbocycles. The fourth-order valence-corrected chi connectivity index (χ4v) is 2.23. The number of imide groups is 1. The molecule has 0 spiro atoms. The summed E-state index contributed by atoms with van der Waals surface area (Å²) in [5, 5.41) is 7.52. The molecule has 1 aliphatic rings. The van der Waals surface area contributed by atoms with Gasteiger partial charge in [-0.25, -0.2) is 4.79 Å². The Balaban J connectivity index is 2.17. The van der Waals surface area contributed by atoms with E-state index < -0.39 is 11.6 Å². The van der Waals surface area contributed by atoms with Crippen molar-refractivity contribution in [3.63, 3.8) is 0 Å². The average Bonchev–Trinajstić information content (AvgIpc) is 2.81. The van der Waals surface area contributed by atoms with E-state index in [1.807, 2.05) is 13.8 Å². The molecule has 7 heteroatoms. The molecule has 1 heterocycles. The van der Waals surface area contributed by atoms with Crippen molar-refractivity contribution in [1.29, 1.82) is 0 Å². The number of rotatable bonds is 7. The predicted molar refractivity (Wildman–Crippen MR) is 90.4 cm³/mol. The summed E-state index contributed by atoms with van der Waals surface area (Å²) in [5.41, 5.74) is -0.203. The van der Waals surface area contributed by atoms with Gasteiger partial charge in [-0.15, -0.1) is 5.01 Å². The predicted octanol–water partition coefficient (Wildman–Crippen LogP) is 2.54. The number of carbonyl (C=O) groups excluding carboxylic acids is 2. The molecule has 24 heavy (non-hydrogen) atoms. The Kier molecular flexibility index (Phi) is 5.43. The second-order valence-corrected chi connectivity index (χ2v) is 5.74. The highest BCUT2D eigenvalue weighted by molar-refractivity contribution is 6.07. The topological polar surface area (TPSA) is 80.2 Å². The molecule has 0 bridgehead atoms. The van der Waals surface area contributed by atoms with Crippen LogP contribution in [-0.2, 0) is 4.79 Å². The van der Waals surface area contributed by atoms with Crippen LogP contribution in [0.4, 0.5) is 4.79 Å². The lowest BCUT2D eigenvalue weighted by atomic mass is 10.00. The summed E-state index contributed by atoms with van der Waals surface area (Å²) in [6, 6.07) is 4.79. The van der Waals surface area contributed by atoms with Gasteiger partial charge in [0.15, 0.2) is 11.5 Å². The Labute approximate surface area is 141 Å². The maximum absolute atomic E-state index is 12.3. The van der Waals surface area contributed by atoms with E-state index in [9.17, 15) is 9.59 Å². The monoisotopic (exact) mass is 333 g/mol. The Morgan fingerprint density at radius 2 is 2.04 bits per heavy atom. The molecule has 1 aromatic rings. The number of nitrogens with one attached hydrogen (secondary N) is 1. The Hall–Kier alpha value is -2.57. The molecule has 1 saturated heterocycles. The van der Waals surface area contributed by atoms with E-state index in [1.165, 1.54) is 6.21 Å². The Morgan fingerprint density at radius 1 is 1.29 bits per heavy atom. The van der Waals surface area contributed by atoms with Gasteiger partial charge in [0.1, 0.15) is 5.54 Å². The zero-order valence-corrected chi connectivity index (χ0v) is 14.5. The first kappa shape index (κ1) is 17.8. The van der Waals surface area contributed by atoms with Gasteiger partial charge in [-0.05, 0) is 43.5 Å². The quantitative estimate of drug-likeness (QED) is 0.614. The summed E-state index contributed by atoms with van der Waals surface area (Å²) in [5.74, 6) is 0.856.